The minimum Gasteiger partial charge on any atom is -0.467 e. The molecular weight excluding hydrogens is 450 g/mol. The standard InChI is InChI=1S/C25H27N5O5/c1-29(21-8-3-2-7-20(21)23(32)28-16-19-6-4-15-34-19)22(31)17-35-24(33)18-9-13-30(14-10-18)25-26-11-5-12-27-25/h2-8,11-12,15,18H,9-10,13-14,16-17H2,1H3,(H,28,32). The highest BCUT2D eigenvalue weighted by molar-refractivity contribution is 6.05. The number of furan rings is 1. The minimum absolute atomic E-state index is 0.227. The zero-order valence-electron chi connectivity index (χ0n) is 19.4. The number of carbonyl (C=O) groups is 3. The second-order valence-corrected chi connectivity index (χ2v) is 8.15. The molecule has 2 amide bonds. The highest BCUT2D eigenvalue weighted by atomic mass is 16.5. The second kappa shape index (κ2) is 11.3. The predicted molar refractivity (Wildman–Crippen MR) is 128 cm³/mol. The van der Waals surface area contributed by atoms with Gasteiger partial charge >= 0.3 is 5.97 Å². The number of anilines is 2. The van der Waals surface area contributed by atoms with Crippen molar-refractivity contribution in [2.45, 2.75) is 19.4 Å². The van der Waals surface area contributed by atoms with Crippen molar-refractivity contribution in [3.8, 4) is 0 Å². The van der Waals surface area contributed by atoms with Crippen LogP contribution in [0.1, 0.15) is 29.0 Å². The first-order valence-electron chi connectivity index (χ1n) is 11.4. The van der Waals surface area contributed by atoms with Gasteiger partial charge in [0.15, 0.2) is 6.61 Å². The summed E-state index contributed by atoms with van der Waals surface area (Å²) < 4.78 is 10.6. The van der Waals surface area contributed by atoms with Crippen LogP contribution in [0.2, 0.25) is 0 Å². The lowest BCUT2D eigenvalue weighted by Gasteiger charge is -2.30. The quantitative estimate of drug-likeness (QED) is 0.492. The molecule has 4 rings (SSSR count). The van der Waals surface area contributed by atoms with Crippen molar-refractivity contribution < 1.29 is 23.5 Å². The number of carbonyl (C=O) groups excluding carboxylic acids is 3. The summed E-state index contributed by atoms with van der Waals surface area (Å²) in [6.45, 7) is 1.10. The molecule has 0 bridgehead atoms. The van der Waals surface area contributed by atoms with Gasteiger partial charge < -0.3 is 24.3 Å². The number of esters is 1. The van der Waals surface area contributed by atoms with Gasteiger partial charge in [0.05, 0.1) is 30.0 Å². The Bertz CT molecular complexity index is 1140. The van der Waals surface area contributed by atoms with Crippen LogP contribution in [-0.2, 0) is 20.9 Å². The van der Waals surface area contributed by atoms with E-state index in [0.717, 1.165) is 0 Å². The molecule has 0 atom stereocenters. The number of para-hydroxylation sites is 1. The van der Waals surface area contributed by atoms with E-state index in [-0.39, 0.29) is 18.4 Å². The highest BCUT2D eigenvalue weighted by Crippen LogP contribution is 2.22. The molecule has 1 N–H and O–H groups in total. The zero-order chi connectivity index (χ0) is 24.6. The Hall–Kier alpha value is -4.21. The summed E-state index contributed by atoms with van der Waals surface area (Å²) in [5, 5.41) is 2.78. The van der Waals surface area contributed by atoms with Gasteiger partial charge in [0, 0.05) is 32.5 Å². The minimum atomic E-state index is -0.431. The van der Waals surface area contributed by atoms with Crippen molar-refractivity contribution in [3.63, 3.8) is 0 Å². The Morgan fingerprint density at radius 2 is 1.83 bits per heavy atom. The second-order valence-electron chi connectivity index (χ2n) is 8.15. The van der Waals surface area contributed by atoms with Crippen molar-refractivity contribution in [2.24, 2.45) is 5.92 Å². The van der Waals surface area contributed by atoms with Crippen molar-refractivity contribution in [3.05, 3.63) is 72.4 Å². The summed E-state index contributed by atoms with van der Waals surface area (Å²) in [6, 6.07) is 12.0. The fraction of sp³-hybridized carbons (Fsp3) is 0.320. The van der Waals surface area contributed by atoms with Crippen LogP contribution in [0.3, 0.4) is 0 Å². The number of amides is 2. The third-order valence-electron chi connectivity index (χ3n) is 5.89. The number of hydrogen-bond donors (Lipinski definition) is 1. The molecule has 35 heavy (non-hydrogen) atoms. The number of nitrogens with zero attached hydrogens (tertiary/aromatic N) is 4. The molecule has 3 heterocycles. The van der Waals surface area contributed by atoms with Crippen LogP contribution >= 0.6 is 0 Å². The summed E-state index contributed by atoms with van der Waals surface area (Å²) >= 11 is 0. The topological polar surface area (TPSA) is 118 Å². The van der Waals surface area contributed by atoms with Gasteiger partial charge in [0.25, 0.3) is 11.8 Å². The molecule has 0 spiro atoms. The molecule has 10 nitrogen and oxygen atoms in total. The number of piperidine rings is 1. The Morgan fingerprint density at radius 3 is 2.54 bits per heavy atom. The number of ether oxygens (including phenoxy) is 1. The molecule has 1 aliphatic rings. The number of hydrogen-bond acceptors (Lipinski definition) is 8. The number of nitrogens with one attached hydrogen (secondary N) is 1. The lowest BCUT2D eigenvalue weighted by atomic mass is 9.97. The molecule has 1 fully saturated rings. The van der Waals surface area contributed by atoms with E-state index in [1.807, 2.05) is 4.90 Å². The van der Waals surface area contributed by atoms with Crippen LogP contribution in [-0.4, -0.2) is 54.5 Å². The summed E-state index contributed by atoms with van der Waals surface area (Å²) in [5.74, 6) is -0.197. The van der Waals surface area contributed by atoms with Gasteiger partial charge in [0.1, 0.15) is 5.76 Å². The van der Waals surface area contributed by atoms with E-state index in [2.05, 4.69) is 15.3 Å². The first kappa shape index (κ1) is 23.9. The molecule has 0 radical (unpaired) electrons. The van der Waals surface area contributed by atoms with Crippen LogP contribution in [0.25, 0.3) is 0 Å². The molecule has 1 aromatic carbocycles. The molecule has 1 saturated heterocycles. The Labute approximate surface area is 202 Å². The largest absolute Gasteiger partial charge is 0.467 e. The SMILES string of the molecule is CN(C(=O)COC(=O)C1CCN(c2ncccn2)CC1)c1ccccc1C(=O)NCc1ccco1. The molecule has 0 unspecified atom stereocenters. The Balaban J connectivity index is 1.28. The monoisotopic (exact) mass is 477 g/mol. The number of benzene rings is 1. The smallest absolute Gasteiger partial charge is 0.309 e. The van der Waals surface area contributed by atoms with Gasteiger partial charge in [-0.15, -0.1) is 0 Å². The summed E-state index contributed by atoms with van der Waals surface area (Å²) in [4.78, 5) is 49.9. The van der Waals surface area contributed by atoms with Crippen molar-refractivity contribution in [2.75, 3.05) is 36.5 Å². The number of aromatic nitrogens is 2. The third kappa shape index (κ3) is 6.03. The van der Waals surface area contributed by atoms with Gasteiger partial charge in [-0.1, -0.05) is 12.1 Å². The summed E-state index contributed by atoms with van der Waals surface area (Å²) in [6.07, 6.45) is 6.10. The average molecular weight is 478 g/mol. The fourth-order valence-electron chi connectivity index (χ4n) is 3.89. The number of likely N-dealkylation sites (N-methyl/N-ethyl adjacent to an activating group) is 1. The molecule has 182 valence electrons. The lowest BCUT2D eigenvalue weighted by Crippen LogP contribution is -2.39. The van der Waals surface area contributed by atoms with E-state index in [0.29, 0.717) is 48.9 Å². The van der Waals surface area contributed by atoms with E-state index in [9.17, 15) is 14.4 Å². The van der Waals surface area contributed by atoms with Crippen LogP contribution in [0.5, 0.6) is 0 Å². The molecule has 3 aromatic rings. The van der Waals surface area contributed by atoms with E-state index < -0.39 is 18.5 Å². The van der Waals surface area contributed by atoms with Crippen LogP contribution in [0.15, 0.2) is 65.5 Å². The fourth-order valence-corrected chi connectivity index (χ4v) is 3.89. The number of rotatable bonds is 8. The first-order valence-corrected chi connectivity index (χ1v) is 11.4. The summed E-state index contributed by atoms with van der Waals surface area (Å²) in [5.41, 5.74) is 0.749. The average Bonchev–Trinajstić information content (AvgIpc) is 3.44. The van der Waals surface area contributed by atoms with Gasteiger partial charge in [-0.05, 0) is 43.2 Å². The predicted octanol–water partition coefficient (Wildman–Crippen LogP) is 2.42. The lowest BCUT2D eigenvalue weighted by molar-refractivity contribution is -0.152. The van der Waals surface area contributed by atoms with Crippen molar-refractivity contribution in [1.82, 2.24) is 15.3 Å². The Kier molecular flexibility index (Phi) is 7.71. The van der Waals surface area contributed by atoms with E-state index in [4.69, 9.17) is 9.15 Å². The van der Waals surface area contributed by atoms with Crippen LogP contribution < -0.4 is 15.1 Å². The molecule has 0 saturated carbocycles. The maximum Gasteiger partial charge on any atom is 0.309 e. The van der Waals surface area contributed by atoms with Crippen LogP contribution in [0, 0.1) is 5.92 Å². The maximum absolute atomic E-state index is 12.8. The van der Waals surface area contributed by atoms with Crippen LogP contribution in [0.4, 0.5) is 11.6 Å². The van der Waals surface area contributed by atoms with Gasteiger partial charge in [0.2, 0.25) is 5.95 Å². The van der Waals surface area contributed by atoms with Crippen molar-refractivity contribution >= 4 is 29.4 Å². The van der Waals surface area contributed by atoms with E-state index >= 15 is 0 Å². The van der Waals surface area contributed by atoms with Gasteiger partial charge in [-0.2, -0.15) is 0 Å². The highest BCUT2D eigenvalue weighted by Gasteiger charge is 2.28. The molecule has 2 aromatic heterocycles. The molecular formula is C25H27N5O5. The Morgan fingerprint density at radius 1 is 1.09 bits per heavy atom. The van der Waals surface area contributed by atoms with Crippen molar-refractivity contribution in [1.29, 1.82) is 0 Å². The normalized spacial score (nSPS) is 13.8. The first-order chi connectivity index (χ1) is 17.0. The van der Waals surface area contributed by atoms with Gasteiger partial charge in [-0.3, -0.25) is 14.4 Å². The maximum atomic E-state index is 12.8. The van der Waals surface area contributed by atoms with E-state index in [1.54, 1.807) is 61.9 Å². The summed E-state index contributed by atoms with van der Waals surface area (Å²) in [7, 11) is 1.55. The van der Waals surface area contributed by atoms with E-state index in [1.165, 1.54) is 11.2 Å². The molecule has 1 aliphatic heterocycles. The molecule has 10 heteroatoms. The third-order valence-corrected chi connectivity index (χ3v) is 5.89. The molecule has 0 aliphatic carbocycles. The zero-order valence-corrected chi connectivity index (χ0v) is 19.4. The van der Waals surface area contributed by atoms with Gasteiger partial charge in [-0.25, -0.2) is 9.97 Å².